The summed E-state index contributed by atoms with van der Waals surface area (Å²) in [6.07, 6.45) is 0. The van der Waals surface area contributed by atoms with Gasteiger partial charge in [0.25, 0.3) is 5.91 Å². The van der Waals surface area contributed by atoms with E-state index in [4.69, 9.17) is 23.2 Å². The number of nitrogens with one attached hydrogen (secondary N) is 1. The molecule has 0 bridgehead atoms. The Balaban J connectivity index is 2.20. The summed E-state index contributed by atoms with van der Waals surface area (Å²) < 4.78 is 0. The number of aliphatic hydroxyl groups excluding tert-OH is 1. The van der Waals surface area contributed by atoms with Crippen LogP contribution in [-0.4, -0.2) is 22.6 Å². The van der Waals surface area contributed by atoms with E-state index >= 15 is 0 Å². The Hall–Kier alpha value is -1.62. The first kappa shape index (κ1) is 14.8. The lowest BCUT2D eigenvalue weighted by Crippen LogP contribution is -2.31. The average Bonchev–Trinajstić information content (AvgIpc) is 2.48. The van der Waals surface area contributed by atoms with Crippen LogP contribution in [0.25, 0.3) is 0 Å². The topological polar surface area (TPSA) is 62.2 Å². The van der Waals surface area contributed by atoms with Gasteiger partial charge in [-0.25, -0.2) is 4.98 Å². The maximum Gasteiger partial charge on any atom is 0.272 e. The highest BCUT2D eigenvalue weighted by atomic mass is 35.5. The second-order valence-corrected chi connectivity index (χ2v) is 4.88. The maximum absolute atomic E-state index is 12.1. The molecule has 6 heteroatoms. The highest BCUT2D eigenvalue weighted by molar-refractivity contribution is 6.34. The molecule has 0 unspecified atom stereocenters. The minimum atomic E-state index is -0.527. The third-order valence-electron chi connectivity index (χ3n) is 2.72. The van der Waals surface area contributed by atoms with Gasteiger partial charge in [0.05, 0.1) is 17.7 Å². The number of carbonyl (C=O) groups excluding carboxylic acids is 1. The van der Waals surface area contributed by atoms with Gasteiger partial charge in [-0.1, -0.05) is 53.5 Å². The maximum atomic E-state index is 12.1. The predicted molar refractivity (Wildman–Crippen MR) is 78.0 cm³/mol. The van der Waals surface area contributed by atoms with Crippen molar-refractivity contribution in [3.05, 3.63) is 63.9 Å². The molecular formula is C14H12Cl2N2O2. The summed E-state index contributed by atoms with van der Waals surface area (Å²) in [5, 5.41) is 12.5. The molecule has 2 N–H and O–H groups in total. The molecule has 0 saturated heterocycles. The second-order valence-electron chi connectivity index (χ2n) is 4.08. The molecule has 0 aliphatic heterocycles. The molecule has 0 spiro atoms. The van der Waals surface area contributed by atoms with Crippen molar-refractivity contribution in [2.24, 2.45) is 0 Å². The molecule has 2 rings (SSSR count). The van der Waals surface area contributed by atoms with Gasteiger partial charge in [-0.15, -0.1) is 0 Å². The summed E-state index contributed by atoms with van der Waals surface area (Å²) in [5.41, 5.74) is 0.829. The van der Waals surface area contributed by atoms with E-state index in [9.17, 15) is 9.90 Å². The van der Waals surface area contributed by atoms with E-state index in [1.54, 1.807) is 0 Å². The van der Waals surface area contributed by atoms with Gasteiger partial charge in [0.1, 0.15) is 10.8 Å². The zero-order valence-corrected chi connectivity index (χ0v) is 11.9. The van der Waals surface area contributed by atoms with Crippen LogP contribution in [0.5, 0.6) is 0 Å². The summed E-state index contributed by atoms with van der Waals surface area (Å²) >= 11 is 11.7. The van der Waals surface area contributed by atoms with Gasteiger partial charge in [-0.2, -0.15) is 0 Å². The number of nitrogens with zero attached hydrogens (tertiary/aromatic N) is 1. The summed E-state index contributed by atoms with van der Waals surface area (Å²) in [7, 11) is 0. The van der Waals surface area contributed by atoms with Crippen LogP contribution < -0.4 is 5.32 Å². The molecule has 0 fully saturated rings. The molecule has 1 aromatic heterocycles. The van der Waals surface area contributed by atoms with E-state index in [0.717, 1.165) is 5.56 Å². The Bertz CT molecular complexity index is 605. The highest BCUT2D eigenvalue weighted by Gasteiger charge is 2.18. The fourth-order valence-electron chi connectivity index (χ4n) is 1.72. The van der Waals surface area contributed by atoms with Crippen LogP contribution in [0, 0.1) is 0 Å². The molecule has 1 heterocycles. The number of amides is 1. The second kappa shape index (κ2) is 6.70. The highest BCUT2D eigenvalue weighted by Crippen LogP contribution is 2.18. The molecule has 1 atom stereocenters. The minimum absolute atomic E-state index is 0.0357. The SMILES string of the molecule is O=C(N[C@H](CO)c1ccccc1)c1nc(Cl)ccc1Cl. The van der Waals surface area contributed by atoms with Crippen LogP contribution in [0.3, 0.4) is 0 Å². The van der Waals surface area contributed by atoms with Crippen LogP contribution in [0.4, 0.5) is 0 Å². The summed E-state index contributed by atoms with van der Waals surface area (Å²) in [5.74, 6) is -0.486. The summed E-state index contributed by atoms with van der Waals surface area (Å²) in [6.45, 7) is -0.228. The van der Waals surface area contributed by atoms with E-state index in [0.29, 0.717) is 0 Å². The Morgan fingerprint density at radius 3 is 2.55 bits per heavy atom. The van der Waals surface area contributed by atoms with Crippen LogP contribution in [0.1, 0.15) is 22.1 Å². The van der Waals surface area contributed by atoms with Crippen LogP contribution >= 0.6 is 23.2 Å². The van der Waals surface area contributed by atoms with E-state index in [2.05, 4.69) is 10.3 Å². The van der Waals surface area contributed by atoms with Gasteiger partial charge in [-0.05, 0) is 17.7 Å². The molecule has 20 heavy (non-hydrogen) atoms. The summed E-state index contributed by atoms with van der Waals surface area (Å²) in [4.78, 5) is 16.0. The zero-order valence-electron chi connectivity index (χ0n) is 10.4. The molecule has 0 radical (unpaired) electrons. The predicted octanol–water partition coefficient (Wildman–Crippen LogP) is 2.85. The van der Waals surface area contributed by atoms with E-state index in [1.807, 2.05) is 30.3 Å². The molecule has 4 nitrogen and oxygen atoms in total. The first-order valence-corrected chi connectivity index (χ1v) is 6.66. The third kappa shape index (κ3) is 3.48. The number of hydrogen-bond acceptors (Lipinski definition) is 3. The molecule has 0 aliphatic rings. The van der Waals surface area contributed by atoms with Gasteiger partial charge in [0, 0.05) is 0 Å². The first-order valence-electron chi connectivity index (χ1n) is 5.90. The van der Waals surface area contributed by atoms with Gasteiger partial charge in [0.15, 0.2) is 0 Å². The van der Waals surface area contributed by atoms with Crippen molar-refractivity contribution in [1.29, 1.82) is 0 Å². The van der Waals surface area contributed by atoms with Crippen LogP contribution in [-0.2, 0) is 0 Å². The number of rotatable bonds is 4. The first-order chi connectivity index (χ1) is 9.61. The lowest BCUT2D eigenvalue weighted by Gasteiger charge is -2.16. The van der Waals surface area contributed by atoms with Crippen molar-refractivity contribution in [2.75, 3.05) is 6.61 Å². The fourth-order valence-corrected chi connectivity index (χ4v) is 2.06. The zero-order chi connectivity index (χ0) is 14.5. The van der Waals surface area contributed by atoms with E-state index in [1.165, 1.54) is 12.1 Å². The number of carbonyl (C=O) groups is 1. The van der Waals surface area contributed by atoms with E-state index in [-0.39, 0.29) is 22.5 Å². The normalized spacial score (nSPS) is 11.9. The van der Waals surface area contributed by atoms with Crippen LogP contribution in [0.2, 0.25) is 10.2 Å². The van der Waals surface area contributed by atoms with Crippen molar-refractivity contribution in [3.8, 4) is 0 Å². The molecule has 0 saturated carbocycles. The largest absolute Gasteiger partial charge is 0.394 e. The Kier molecular flexibility index (Phi) is 4.95. The number of pyridine rings is 1. The smallest absolute Gasteiger partial charge is 0.272 e. The van der Waals surface area contributed by atoms with Gasteiger partial charge in [0.2, 0.25) is 0 Å². The van der Waals surface area contributed by atoms with Crippen molar-refractivity contribution in [1.82, 2.24) is 10.3 Å². The monoisotopic (exact) mass is 310 g/mol. The van der Waals surface area contributed by atoms with Gasteiger partial charge in [-0.3, -0.25) is 4.79 Å². The van der Waals surface area contributed by atoms with Crippen molar-refractivity contribution in [3.63, 3.8) is 0 Å². The number of benzene rings is 1. The number of aliphatic hydroxyl groups is 1. The molecule has 2 aromatic rings. The molecule has 0 aliphatic carbocycles. The third-order valence-corrected chi connectivity index (χ3v) is 3.23. The molecular weight excluding hydrogens is 299 g/mol. The average molecular weight is 311 g/mol. The Morgan fingerprint density at radius 1 is 1.20 bits per heavy atom. The van der Waals surface area contributed by atoms with Crippen molar-refractivity contribution >= 4 is 29.1 Å². The molecule has 1 amide bonds. The molecule has 104 valence electrons. The van der Waals surface area contributed by atoms with Gasteiger partial charge < -0.3 is 10.4 Å². The molecule has 1 aromatic carbocycles. The Morgan fingerprint density at radius 2 is 1.90 bits per heavy atom. The lowest BCUT2D eigenvalue weighted by molar-refractivity contribution is 0.0911. The quantitative estimate of drug-likeness (QED) is 0.854. The summed E-state index contributed by atoms with van der Waals surface area (Å²) in [6, 6.07) is 11.6. The van der Waals surface area contributed by atoms with Gasteiger partial charge >= 0.3 is 0 Å². The fraction of sp³-hybridized carbons (Fsp3) is 0.143. The lowest BCUT2D eigenvalue weighted by atomic mass is 10.1. The standard InChI is InChI=1S/C14H12Cl2N2O2/c15-10-6-7-12(16)18-13(10)14(20)17-11(8-19)9-4-2-1-3-5-9/h1-7,11,19H,8H2,(H,17,20)/t11-/m1/s1. The van der Waals surface area contributed by atoms with Crippen LogP contribution in [0.15, 0.2) is 42.5 Å². The van der Waals surface area contributed by atoms with Crippen molar-refractivity contribution in [2.45, 2.75) is 6.04 Å². The Labute approximate surface area is 126 Å². The number of hydrogen-bond donors (Lipinski definition) is 2. The van der Waals surface area contributed by atoms with E-state index < -0.39 is 11.9 Å². The number of halogens is 2. The van der Waals surface area contributed by atoms with Crippen molar-refractivity contribution < 1.29 is 9.90 Å². The minimum Gasteiger partial charge on any atom is -0.394 e. The number of aromatic nitrogens is 1.